The Bertz CT molecular complexity index is 1030. The lowest BCUT2D eigenvalue weighted by molar-refractivity contribution is -0.157. The average molecular weight is 490 g/mol. The molecule has 2 saturated carbocycles. The van der Waals surface area contributed by atoms with Crippen LogP contribution in [-0.4, -0.2) is 30.6 Å². The molecule has 1 unspecified atom stereocenters. The van der Waals surface area contributed by atoms with Gasteiger partial charge in [0.1, 0.15) is 0 Å². The van der Waals surface area contributed by atoms with Crippen LogP contribution in [0.25, 0.3) is 5.57 Å². The number of nitrogens with one attached hydrogen (secondary N) is 2. The largest absolute Gasteiger partial charge is 0.370 e. The van der Waals surface area contributed by atoms with Crippen LogP contribution in [0.5, 0.6) is 0 Å². The van der Waals surface area contributed by atoms with E-state index in [-0.39, 0.29) is 11.9 Å². The van der Waals surface area contributed by atoms with Crippen LogP contribution in [0.15, 0.2) is 42.3 Å². The van der Waals surface area contributed by atoms with Crippen LogP contribution in [0.4, 0.5) is 0 Å². The highest BCUT2D eigenvalue weighted by Gasteiger charge is 2.57. The Labute approximate surface area is 216 Å². The van der Waals surface area contributed by atoms with Gasteiger partial charge in [0.05, 0.1) is 5.92 Å². The van der Waals surface area contributed by atoms with E-state index in [4.69, 9.17) is 4.84 Å². The summed E-state index contributed by atoms with van der Waals surface area (Å²) in [6, 6.07) is 4.33. The normalized spacial score (nSPS) is 38.3. The Hall–Kier alpha value is -1.98. The first-order valence-electron chi connectivity index (χ1n) is 14.5. The fraction of sp³-hybridized carbons (Fsp3) is 0.677. The molecule has 4 aliphatic carbocycles. The smallest absolute Gasteiger partial charge is 0.327 e. The van der Waals surface area contributed by atoms with Crippen molar-refractivity contribution >= 4 is 11.5 Å². The second kappa shape index (κ2) is 9.72. The zero-order valence-electron chi connectivity index (χ0n) is 22.1. The van der Waals surface area contributed by atoms with Gasteiger partial charge in [0, 0.05) is 18.9 Å². The van der Waals surface area contributed by atoms with Crippen LogP contribution in [0.2, 0.25) is 0 Å². The van der Waals surface area contributed by atoms with Gasteiger partial charge in [0.25, 0.3) is 0 Å². The number of nitrogens with zero attached hydrogens (tertiary/aromatic N) is 1. The molecule has 2 N–H and O–H groups in total. The standard InChI is InChI=1S/C31H43N3O2/c1-30-13-9-21(19-34-36-29(35)22-11-16-32-17-12-22)18-24(30)5-6-25-27-8-7-26(23-4-3-15-33-20-23)31(27,2)14-10-28(25)30/h3-4,7,15,18,20-22,25,27-28,32,34H,5-6,8-14,16-17,19H2,1-2H3/t21?,25-,27+,28+,30+,31-/m1/s1. The molecule has 3 fully saturated rings. The summed E-state index contributed by atoms with van der Waals surface area (Å²) >= 11 is 0. The summed E-state index contributed by atoms with van der Waals surface area (Å²) in [5.74, 6) is 2.80. The SMILES string of the molecule is C[C@]12CCC(CNOC(=O)C3CCNCC3)C=C1CC[C@H]1[C@@H]2CC[C@]2(C)C(c3cccnc3)=CC[C@@H]12. The molecule has 5 heteroatoms. The van der Waals surface area contributed by atoms with Gasteiger partial charge in [-0.25, -0.2) is 0 Å². The number of carbonyl (C=O) groups excluding carboxylic acids is 1. The molecule has 5 nitrogen and oxygen atoms in total. The molecule has 1 aliphatic heterocycles. The summed E-state index contributed by atoms with van der Waals surface area (Å²) in [6.07, 6.45) is 19.7. The van der Waals surface area contributed by atoms with Gasteiger partial charge >= 0.3 is 5.97 Å². The number of hydroxylamine groups is 1. The Morgan fingerprint density at radius 2 is 1.94 bits per heavy atom. The number of hydrogen-bond donors (Lipinski definition) is 2. The molecule has 0 radical (unpaired) electrons. The Morgan fingerprint density at radius 1 is 1.11 bits per heavy atom. The van der Waals surface area contributed by atoms with Crippen LogP contribution in [0, 0.1) is 40.4 Å². The van der Waals surface area contributed by atoms with Gasteiger partial charge < -0.3 is 10.2 Å². The Morgan fingerprint density at radius 3 is 2.75 bits per heavy atom. The summed E-state index contributed by atoms with van der Waals surface area (Å²) in [5.41, 5.74) is 8.25. The molecule has 194 valence electrons. The maximum absolute atomic E-state index is 12.4. The van der Waals surface area contributed by atoms with Crippen molar-refractivity contribution in [3.8, 4) is 0 Å². The summed E-state index contributed by atoms with van der Waals surface area (Å²) in [4.78, 5) is 22.3. The van der Waals surface area contributed by atoms with Gasteiger partial charge in [-0.05, 0) is 123 Å². The van der Waals surface area contributed by atoms with E-state index in [2.05, 4.69) is 60.1 Å². The minimum Gasteiger partial charge on any atom is -0.370 e. The van der Waals surface area contributed by atoms with E-state index < -0.39 is 0 Å². The average Bonchev–Trinajstić information content (AvgIpc) is 3.27. The molecule has 5 aliphatic rings. The number of carbonyl (C=O) groups is 1. The van der Waals surface area contributed by atoms with Crippen molar-refractivity contribution < 1.29 is 9.63 Å². The van der Waals surface area contributed by atoms with Crippen molar-refractivity contribution in [2.45, 2.75) is 71.6 Å². The first-order chi connectivity index (χ1) is 17.5. The predicted molar refractivity (Wildman–Crippen MR) is 142 cm³/mol. The maximum Gasteiger partial charge on any atom is 0.327 e. The Kier molecular flexibility index (Phi) is 6.58. The number of piperidine rings is 1. The number of allylic oxidation sites excluding steroid dienone is 3. The van der Waals surface area contributed by atoms with Crippen LogP contribution in [-0.2, 0) is 9.63 Å². The molecule has 1 saturated heterocycles. The highest BCUT2D eigenvalue weighted by Crippen LogP contribution is 2.66. The van der Waals surface area contributed by atoms with E-state index in [1.54, 1.807) is 11.1 Å². The third-order valence-corrected chi connectivity index (χ3v) is 11.0. The van der Waals surface area contributed by atoms with Gasteiger partial charge in [-0.3, -0.25) is 9.78 Å². The maximum atomic E-state index is 12.4. The lowest BCUT2D eigenvalue weighted by Gasteiger charge is -2.58. The molecule has 0 aromatic carbocycles. The van der Waals surface area contributed by atoms with Gasteiger partial charge in [-0.1, -0.05) is 37.6 Å². The van der Waals surface area contributed by atoms with Gasteiger partial charge in [0.2, 0.25) is 0 Å². The molecular formula is C31H43N3O2. The van der Waals surface area contributed by atoms with E-state index in [0.29, 0.717) is 16.7 Å². The van der Waals surface area contributed by atoms with Crippen molar-refractivity contribution in [2.24, 2.45) is 40.4 Å². The second-order valence-corrected chi connectivity index (χ2v) is 12.7. The Balaban J connectivity index is 1.10. The number of rotatable bonds is 5. The van der Waals surface area contributed by atoms with Crippen molar-refractivity contribution in [1.29, 1.82) is 0 Å². The lowest BCUT2D eigenvalue weighted by atomic mass is 9.46. The van der Waals surface area contributed by atoms with Crippen molar-refractivity contribution in [3.05, 3.63) is 47.8 Å². The van der Waals surface area contributed by atoms with Gasteiger partial charge in [-0.2, -0.15) is 5.48 Å². The van der Waals surface area contributed by atoms with Gasteiger partial charge in [0.15, 0.2) is 0 Å². The molecular weight excluding hydrogens is 446 g/mol. The molecule has 6 rings (SSSR count). The van der Waals surface area contributed by atoms with Crippen LogP contribution >= 0.6 is 0 Å². The first-order valence-corrected chi connectivity index (χ1v) is 14.5. The van der Waals surface area contributed by atoms with E-state index in [9.17, 15) is 4.79 Å². The highest BCUT2D eigenvalue weighted by molar-refractivity contribution is 5.73. The molecule has 1 aromatic heterocycles. The van der Waals surface area contributed by atoms with E-state index in [0.717, 1.165) is 50.2 Å². The monoisotopic (exact) mass is 489 g/mol. The predicted octanol–water partition coefficient (Wildman–Crippen LogP) is 5.70. The third-order valence-electron chi connectivity index (χ3n) is 11.0. The first kappa shape index (κ1) is 24.4. The third kappa shape index (κ3) is 4.16. The zero-order chi connectivity index (χ0) is 24.8. The molecule has 0 bridgehead atoms. The number of fused-ring (bicyclic) bond motifs is 5. The van der Waals surface area contributed by atoms with E-state index in [1.165, 1.54) is 50.5 Å². The summed E-state index contributed by atoms with van der Waals surface area (Å²) < 4.78 is 0. The minimum absolute atomic E-state index is 0.0442. The summed E-state index contributed by atoms with van der Waals surface area (Å²) in [5, 5.41) is 3.31. The fourth-order valence-corrected chi connectivity index (χ4v) is 8.86. The molecule has 0 spiro atoms. The van der Waals surface area contributed by atoms with Gasteiger partial charge in [-0.15, -0.1) is 0 Å². The zero-order valence-corrected chi connectivity index (χ0v) is 22.1. The van der Waals surface area contributed by atoms with Crippen LogP contribution < -0.4 is 10.8 Å². The number of aromatic nitrogens is 1. The minimum atomic E-state index is -0.0774. The van der Waals surface area contributed by atoms with Crippen molar-refractivity contribution in [1.82, 2.24) is 15.8 Å². The molecule has 6 atom stereocenters. The van der Waals surface area contributed by atoms with Crippen molar-refractivity contribution in [3.63, 3.8) is 0 Å². The highest BCUT2D eigenvalue weighted by atomic mass is 16.7. The molecule has 0 amide bonds. The molecule has 2 heterocycles. The molecule has 36 heavy (non-hydrogen) atoms. The van der Waals surface area contributed by atoms with E-state index >= 15 is 0 Å². The molecule has 1 aromatic rings. The van der Waals surface area contributed by atoms with Crippen LogP contribution in [0.1, 0.15) is 77.2 Å². The van der Waals surface area contributed by atoms with Crippen molar-refractivity contribution in [2.75, 3.05) is 19.6 Å². The second-order valence-electron chi connectivity index (χ2n) is 12.7. The quantitative estimate of drug-likeness (QED) is 0.410. The topological polar surface area (TPSA) is 63.2 Å². The van der Waals surface area contributed by atoms with Crippen LogP contribution in [0.3, 0.4) is 0 Å². The number of hydrogen-bond acceptors (Lipinski definition) is 5. The fourth-order valence-electron chi connectivity index (χ4n) is 8.86. The summed E-state index contributed by atoms with van der Waals surface area (Å²) in [7, 11) is 0. The van der Waals surface area contributed by atoms with E-state index in [1.807, 2.05) is 6.20 Å². The number of pyridine rings is 1. The summed E-state index contributed by atoms with van der Waals surface area (Å²) in [6.45, 7) is 7.68. The lowest BCUT2D eigenvalue weighted by Crippen LogP contribution is -2.50.